The summed E-state index contributed by atoms with van der Waals surface area (Å²) in [6.07, 6.45) is 0.855. The highest BCUT2D eigenvalue weighted by Crippen LogP contribution is 2.38. The molecule has 0 N–H and O–H groups in total. The molecule has 0 saturated carbocycles. The molecule has 1 heterocycles. The van der Waals surface area contributed by atoms with Crippen LogP contribution in [0.25, 0.3) is 5.03 Å². The lowest BCUT2D eigenvalue weighted by Crippen LogP contribution is -2.17. The molecular weight excluding hydrogens is 212 g/mol. The third kappa shape index (κ3) is 1.82. The van der Waals surface area contributed by atoms with Crippen molar-refractivity contribution in [3.8, 4) is 11.5 Å². The first-order valence-electron chi connectivity index (χ1n) is 5.00. The lowest BCUT2D eigenvalue weighted by molar-refractivity contribution is 0.170. The number of benzene rings is 1. The molecule has 1 aliphatic heterocycles. The zero-order chi connectivity index (χ0) is 10.8. The molecule has 0 aromatic heterocycles. The Morgan fingerprint density at radius 2 is 2.13 bits per heavy atom. The summed E-state index contributed by atoms with van der Waals surface area (Å²) in [6.45, 7) is 7.02. The molecule has 0 atom stereocenters. The van der Waals surface area contributed by atoms with E-state index in [2.05, 4.69) is 13.5 Å². The van der Waals surface area contributed by atoms with E-state index in [0.29, 0.717) is 18.2 Å². The smallest absolute Gasteiger partial charge is 0.165 e. The number of ether oxygens (including phenoxy) is 2. The molecule has 0 saturated heterocycles. The Balaban J connectivity index is 2.56. The monoisotopic (exact) mass is 224 g/mol. The Morgan fingerprint density at radius 1 is 1.40 bits per heavy atom. The van der Waals surface area contributed by atoms with Crippen LogP contribution in [0.4, 0.5) is 0 Å². The normalized spacial score (nSPS) is 13.7. The van der Waals surface area contributed by atoms with E-state index in [1.54, 1.807) is 0 Å². The number of fused-ring (bicyclic) bond motifs is 1. The second kappa shape index (κ2) is 4.15. The van der Waals surface area contributed by atoms with Crippen molar-refractivity contribution in [2.75, 3.05) is 13.2 Å². The van der Waals surface area contributed by atoms with E-state index >= 15 is 0 Å². The topological polar surface area (TPSA) is 18.5 Å². The van der Waals surface area contributed by atoms with Crippen LogP contribution in [-0.2, 0) is 6.42 Å². The van der Waals surface area contributed by atoms with Crippen LogP contribution >= 0.6 is 11.6 Å². The molecule has 1 aromatic carbocycles. The molecule has 2 nitrogen and oxygen atoms in total. The molecule has 0 bridgehead atoms. The summed E-state index contributed by atoms with van der Waals surface area (Å²) in [4.78, 5) is 0. The standard InChI is InChI=1S/C12H13ClO2/c1-3-9-10(8(2)13)4-5-11-12(9)15-7-6-14-11/h4-5H,2-3,6-7H2,1H3. The van der Waals surface area contributed by atoms with Crippen LogP contribution in [0.1, 0.15) is 18.1 Å². The van der Waals surface area contributed by atoms with Crippen LogP contribution in [0.2, 0.25) is 0 Å². The largest absolute Gasteiger partial charge is 0.486 e. The summed E-state index contributed by atoms with van der Waals surface area (Å²) < 4.78 is 11.1. The molecule has 0 fully saturated rings. The van der Waals surface area contributed by atoms with Crippen LogP contribution in [0.5, 0.6) is 11.5 Å². The van der Waals surface area contributed by atoms with E-state index in [1.807, 2.05) is 12.1 Å². The number of rotatable bonds is 2. The van der Waals surface area contributed by atoms with Crippen molar-refractivity contribution < 1.29 is 9.47 Å². The Bertz CT molecular complexity index is 399. The van der Waals surface area contributed by atoms with Crippen LogP contribution in [-0.4, -0.2) is 13.2 Å². The summed E-state index contributed by atoms with van der Waals surface area (Å²) >= 11 is 5.94. The molecule has 3 heteroatoms. The lowest BCUT2D eigenvalue weighted by Gasteiger charge is -2.22. The molecule has 0 spiro atoms. The predicted molar refractivity (Wildman–Crippen MR) is 61.7 cm³/mol. The molecule has 1 aliphatic rings. The molecule has 2 rings (SSSR count). The second-order valence-electron chi connectivity index (χ2n) is 3.37. The van der Waals surface area contributed by atoms with Gasteiger partial charge in [-0.25, -0.2) is 0 Å². The first-order valence-corrected chi connectivity index (χ1v) is 5.38. The molecule has 0 aliphatic carbocycles. The Hall–Kier alpha value is -1.15. The third-order valence-corrected chi connectivity index (χ3v) is 2.66. The minimum atomic E-state index is 0.545. The third-order valence-electron chi connectivity index (χ3n) is 2.46. The van der Waals surface area contributed by atoms with Crippen molar-refractivity contribution in [2.24, 2.45) is 0 Å². The zero-order valence-electron chi connectivity index (χ0n) is 8.68. The summed E-state index contributed by atoms with van der Waals surface area (Å²) in [7, 11) is 0. The van der Waals surface area contributed by atoms with E-state index in [1.165, 1.54) is 0 Å². The van der Waals surface area contributed by atoms with Crippen molar-refractivity contribution in [1.82, 2.24) is 0 Å². The molecular formula is C12H13ClO2. The Morgan fingerprint density at radius 3 is 2.80 bits per heavy atom. The van der Waals surface area contributed by atoms with Gasteiger partial charge >= 0.3 is 0 Å². The fourth-order valence-electron chi connectivity index (χ4n) is 1.78. The first kappa shape index (κ1) is 10.4. The van der Waals surface area contributed by atoms with E-state index in [0.717, 1.165) is 29.0 Å². The fourth-order valence-corrected chi connectivity index (χ4v) is 1.96. The molecule has 80 valence electrons. The average Bonchev–Trinajstić information content (AvgIpc) is 2.27. The van der Waals surface area contributed by atoms with E-state index < -0.39 is 0 Å². The van der Waals surface area contributed by atoms with Gasteiger partial charge in [0.05, 0.1) is 0 Å². The van der Waals surface area contributed by atoms with Gasteiger partial charge in [-0.2, -0.15) is 0 Å². The van der Waals surface area contributed by atoms with Crippen molar-refractivity contribution >= 4 is 16.6 Å². The van der Waals surface area contributed by atoms with Crippen molar-refractivity contribution in [3.63, 3.8) is 0 Å². The summed E-state index contributed by atoms with van der Waals surface area (Å²) in [5.74, 6) is 1.63. The number of hydrogen-bond acceptors (Lipinski definition) is 2. The maximum atomic E-state index is 5.94. The molecule has 1 aromatic rings. The first-order chi connectivity index (χ1) is 7.24. The van der Waals surface area contributed by atoms with Crippen molar-refractivity contribution in [1.29, 1.82) is 0 Å². The minimum Gasteiger partial charge on any atom is -0.486 e. The van der Waals surface area contributed by atoms with Crippen LogP contribution in [0.15, 0.2) is 18.7 Å². The lowest BCUT2D eigenvalue weighted by atomic mass is 10.0. The second-order valence-corrected chi connectivity index (χ2v) is 3.83. The Labute approximate surface area is 94.5 Å². The van der Waals surface area contributed by atoms with E-state index in [-0.39, 0.29) is 0 Å². The van der Waals surface area contributed by atoms with Gasteiger partial charge in [-0.15, -0.1) is 0 Å². The highest BCUT2D eigenvalue weighted by atomic mass is 35.5. The highest BCUT2D eigenvalue weighted by Gasteiger charge is 2.18. The van der Waals surface area contributed by atoms with Crippen LogP contribution in [0.3, 0.4) is 0 Å². The van der Waals surface area contributed by atoms with Crippen molar-refractivity contribution in [2.45, 2.75) is 13.3 Å². The maximum Gasteiger partial charge on any atom is 0.165 e. The van der Waals surface area contributed by atoms with Gasteiger partial charge in [0.2, 0.25) is 0 Å². The van der Waals surface area contributed by atoms with Gasteiger partial charge in [-0.05, 0) is 24.1 Å². The predicted octanol–water partition coefficient (Wildman–Crippen LogP) is 3.23. The van der Waals surface area contributed by atoms with Gasteiger partial charge in [-0.1, -0.05) is 25.1 Å². The minimum absolute atomic E-state index is 0.545. The van der Waals surface area contributed by atoms with E-state index in [9.17, 15) is 0 Å². The quantitative estimate of drug-likeness (QED) is 0.768. The van der Waals surface area contributed by atoms with Crippen molar-refractivity contribution in [3.05, 3.63) is 29.8 Å². The Kier molecular flexibility index (Phi) is 2.87. The summed E-state index contributed by atoms with van der Waals surface area (Å²) in [5.41, 5.74) is 2.02. The highest BCUT2D eigenvalue weighted by molar-refractivity contribution is 6.48. The average molecular weight is 225 g/mol. The summed E-state index contributed by atoms with van der Waals surface area (Å²) in [6, 6.07) is 3.82. The van der Waals surface area contributed by atoms with Gasteiger partial charge in [0.25, 0.3) is 0 Å². The number of hydrogen-bond donors (Lipinski definition) is 0. The zero-order valence-corrected chi connectivity index (χ0v) is 9.43. The van der Waals surface area contributed by atoms with Gasteiger partial charge in [0, 0.05) is 10.6 Å². The fraction of sp³-hybridized carbons (Fsp3) is 0.333. The molecule has 0 unspecified atom stereocenters. The van der Waals surface area contributed by atoms with Crippen LogP contribution < -0.4 is 9.47 Å². The number of halogens is 1. The molecule has 15 heavy (non-hydrogen) atoms. The SMILES string of the molecule is C=C(Cl)c1ccc2c(c1CC)OCCO2. The van der Waals surface area contributed by atoms with Crippen LogP contribution in [0, 0.1) is 0 Å². The van der Waals surface area contributed by atoms with Gasteiger partial charge in [0.15, 0.2) is 11.5 Å². The van der Waals surface area contributed by atoms with Gasteiger partial charge in [-0.3, -0.25) is 0 Å². The maximum absolute atomic E-state index is 5.94. The summed E-state index contributed by atoms with van der Waals surface area (Å²) in [5, 5.41) is 0.545. The van der Waals surface area contributed by atoms with E-state index in [4.69, 9.17) is 21.1 Å². The van der Waals surface area contributed by atoms with Gasteiger partial charge in [0.1, 0.15) is 13.2 Å². The van der Waals surface area contributed by atoms with Gasteiger partial charge < -0.3 is 9.47 Å². The molecule has 0 radical (unpaired) electrons. The molecule has 0 amide bonds.